The Morgan fingerprint density at radius 3 is 2.30 bits per heavy atom. The quantitative estimate of drug-likeness (QED) is 0.721. The lowest BCUT2D eigenvalue weighted by molar-refractivity contribution is -0.154. The van der Waals surface area contributed by atoms with E-state index in [4.69, 9.17) is 14.9 Å². The van der Waals surface area contributed by atoms with Gasteiger partial charge in [0.15, 0.2) is 5.92 Å². The van der Waals surface area contributed by atoms with Crippen molar-refractivity contribution in [1.29, 1.82) is 0 Å². The molecule has 0 atom stereocenters. The highest BCUT2D eigenvalue weighted by Gasteiger charge is 2.27. The molecule has 0 spiro atoms. The fourth-order valence-corrected chi connectivity index (χ4v) is 2.49. The van der Waals surface area contributed by atoms with Crippen molar-refractivity contribution >= 4 is 27.9 Å². The van der Waals surface area contributed by atoms with Gasteiger partial charge in [-0.15, -0.1) is 0 Å². The Kier molecular flexibility index (Phi) is 5.76. The van der Waals surface area contributed by atoms with Crippen LogP contribution in [0.2, 0.25) is 0 Å². The van der Waals surface area contributed by atoms with Crippen LogP contribution in [0.5, 0.6) is 5.75 Å². The largest absolute Gasteiger partial charge is 0.489 e. The van der Waals surface area contributed by atoms with Gasteiger partial charge in [0, 0.05) is 10.9 Å². The second-order valence-electron chi connectivity index (χ2n) is 4.96. The van der Waals surface area contributed by atoms with Crippen molar-refractivity contribution in [2.24, 2.45) is 5.92 Å². The molecule has 6 heteroatoms. The Hall–Kier alpha value is -2.34. The summed E-state index contributed by atoms with van der Waals surface area (Å²) in [5.41, 5.74) is 1.50. The summed E-state index contributed by atoms with van der Waals surface area (Å²) >= 11 is 3.31. The molecule has 0 aliphatic heterocycles. The maximum absolute atomic E-state index is 11.1. The van der Waals surface area contributed by atoms with Gasteiger partial charge in [-0.1, -0.05) is 46.3 Å². The van der Waals surface area contributed by atoms with Gasteiger partial charge in [0.2, 0.25) is 0 Å². The van der Waals surface area contributed by atoms with Gasteiger partial charge in [-0.3, -0.25) is 9.59 Å². The Balaban J connectivity index is 2.19. The highest BCUT2D eigenvalue weighted by atomic mass is 79.9. The van der Waals surface area contributed by atoms with Gasteiger partial charge in [-0.2, -0.15) is 0 Å². The van der Waals surface area contributed by atoms with Gasteiger partial charge in [-0.05, 0) is 29.3 Å². The molecule has 0 aliphatic carbocycles. The number of carboxylic acid groups (broad SMARTS) is 2. The summed E-state index contributed by atoms with van der Waals surface area (Å²) in [4.78, 5) is 22.2. The molecule has 0 heterocycles. The summed E-state index contributed by atoms with van der Waals surface area (Å²) < 4.78 is 6.46. The fraction of sp³-hybridized carbons (Fsp3) is 0.176. The van der Waals surface area contributed by atoms with Crippen molar-refractivity contribution in [3.63, 3.8) is 0 Å². The van der Waals surface area contributed by atoms with E-state index in [0.717, 1.165) is 10.0 Å². The third kappa shape index (κ3) is 4.82. The van der Waals surface area contributed by atoms with Gasteiger partial charge < -0.3 is 14.9 Å². The number of ether oxygens (including phenoxy) is 1. The molecular formula is C17H15BrO5. The molecule has 0 bridgehead atoms. The molecule has 0 fully saturated rings. The summed E-state index contributed by atoms with van der Waals surface area (Å²) in [5, 5.41) is 18.1. The lowest BCUT2D eigenvalue weighted by atomic mass is 9.99. The van der Waals surface area contributed by atoms with Crippen LogP contribution < -0.4 is 4.74 Å². The van der Waals surface area contributed by atoms with E-state index in [1.165, 1.54) is 0 Å². The van der Waals surface area contributed by atoms with Crippen LogP contribution in [-0.2, 0) is 22.6 Å². The van der Waals surface area contributed by atoms with Crippen molar-refractivity contribution < 1.29 is 24.5 Å². The highest BCUT2D eigenvalue weighted by molar-refractivity contribution is 9.10. The van der Waals surface area contributed by atoms with Crippen LogP contribution in [0.1, 0.15) is 11.1 Å². The minimum Gasteiger partial charge on any atom is -0.489 e. The molecule has 0 saturated carbocycles. The molecule has 2 aromatic carbocycles. The maximum Gasteiger partial charge on any atom is 0.318 e. The normalized spacial score (nSPS) is 10.5. The Bertz CT molecular complexity index is 685. The van der Waals surface area contributed by atoms with Gasteiger partial charge >= 0.3 is 11.9 Å². The van der Waals surface area contributed by atoms with E-state index in [9.17, 15) is 9.59 Å². The Morgan fingerprint density at radius 1 is 1.04 bits per heavy atom. The number of rotatable bonds is 7. The molecule has 5 nitrogen and oxygen atoms in total. The van der Waals surface area contributed by atoms with Crippen LogP contribution in [0.3, 0.4) is 0 Å². The first kappa shape index (κ1) is 17.0. The third-order valence-electron chi connectivity index (χ3n) is 3.28. The van der Waals surface area contributed by atoms with E-state index in [1.54, 1.807) is 18.2 Å². The number of benzene rings is 2. The van der Waals surface area contributed by atoms with Crippen molar-refractivity contribution in [3.8, 4) is 5.75 Å². The average Bonchev–Trinajstić information content (AvgIpc) is 2.52. The minimum atomic E-state index is -1.51. The van der Waals surface area contributed by atoms with E-state index in [-0.39, 0.29) is 6.42 Å². The van der Waals surface area contributed by atoms with E-state index in [1.807, 2.05) is 30.3 Å². The molecular weight excluding hydrogens is 364 g/mol. The topological polar surface area (TPSA) is 83.8 Å². The second kappa shape index (κ2) is 7.78. The zero-order valence-electron chi connectivity index (χ0n) is 12.1. The molecule has 0 aliphatic rings. The SMILES string of the molecule is O=C(O)C(Cc1cc(Br)ccc1OCc1ccccc1)C(=O)O. The molecule has 0 saturated heterocycles. The summed E-state index contributed by atoms with van der Waals surface area (Å²) in [6.45, 7) is 0.320. The molecule has 120 valence electrons. The first-order chi connectivity index (χ1) is 11.0. The number of halogens is 1. The van der Waals surface area contributed by atoms with Crippen LogP contribution >= 0.6 is 15.9 Å². The third-order valence-corrected chi connectivity index (χ3v) is 3.77. The highest BCUT2D eigenvalue weighted by Crippen LogP contribution is 2.27. The Morgan fingerprint density at radius 2 is 1.70 bits per heavy atom. The zero-order chi connectivity index (χ0) is 16.8. The van der Waals surface area contributed by atoms with Gasteiger partial charge in [0.05, 0.1) is 0 Å². The van der Waals surface area contributed by atoms with Gasteiger partial charge in [0.25, 0.3) is 0 Å². The number of hydrogen-bond acceptors (Lipinski definition) is 3. The van der Waals surface area contributed by atoms with Crippen molar-refractivity contribution in [3.05, 3.63) is 64.1 Å². The van der Waals surface area contributed by atoms with Crippen LogP contribution in [0.15, 0.2) is 53.0 Å². The van der Waals surface area contributed by atoms with Gasteiger partial charge in [-0.25, -0.2) is 0 Å². The molecule has 2 aromatic rings. The summed E-state index contributed by atoms with van der Waals surface area (Å²) in [7, 11) is 0. The molecule has 0 aromatic heterocycles. The van der Waals surface area contributed by atoms with Crippen molar-refractivity contribution in [2.45, 2.75) is 13.0 Å². The first-order valence-corrected chi connectivity index (χ1v) is 7.67. The van der Waals surface area contributed by atoms with Crippen molar-refractivity contribution in [1.82, 2.24) is 0 Å². The Labute approximate surface area is 141 Å². The van der Waals surface area contributed by atoms with Gasteiger partial charge in [0.1, 0.15) is 12.4 Å². The molecule has 2 rings (SSSR count). The van der Waals surface area contributed by atoms with E-state index in [2.05, 4.69) is 15.9 Å². The van der Waals surface area contributed by atoms with E-state index < -0.39 is 17.9 Å². The number of hydrogen-bond donors (Lipinski definition) is 2. The number of aliphatic carboxylic acids is 2. The first-order valence-electron chi connectivity index (χ1n) is 6.88. The van der Waals surface area contributed by atoms with Crippen molar-refractivity contribution in [2.75, 3.05) is 0 Å². The van der Waals surface area contributed by atoms with E-state index in [0.29, 0.717) is 17.9 Å². The predicted molar refractivity (Wildman–Crippen MR) is 87.4 cm³/mol. The standard InChI is InChI=1S/C17H15BrO5/c18-13-6-7-15(23-10-11-4-2-1-3-5-11)12(8-13)9-14(16(19)20)17(21)22/h1-8,14H,9-10H2,(H,19,20)(H,21,22). The van der Waals surface area contributed by atoms with Crippen LogP contribution in [0.25, 0.3) is 0 Å². The summed E-state index contributed by atoms with van der Waals surface area (Å²) in [6, 6.07) is 14.7. The van der Waals surface area contributed by atoms with Crippen LogP contribution in [0, 0.1) is 5.92 Å². The maximum atomic E-state index is 11.1. The number of carbonyl (C=O) groups is 2. The van der Waals surface area contributed by atoms with Crippen LogP contribution in [-0.4, -0.2) is 22.2 Å². The smallest absolute Gasteiger partial charge is 0.318 e. The lowest BCUT2D eigenvalue weighted by Crippen LogP contribution is -2.25. The molecule has 0 unspecified atom stereocenters. The summed E-state index contributed by atoms with van der Waals surface area (Å²) in [6.07, 6.45) is -0.145. The minimum absolute atomic E-state index is 0.145. The monoisotopic (exact) mass is 378 g/mol. The summed E-state index contributed by atoms with van der Waals surface area (Å²) in [5.74, 6) is -3.77. The van der Waals surface area contributed by atoms with E-state index >= 15 is 0 Å². The predicted octanol–water partition coefficient (Wildman–Crippen LogP) is 3.36. The van der Waals surface area contributed by atoms with Crippen LogP contribution in [0.4, 0.5) is 0 Å². The molecule has 0 amide bonds. The average molecular weight is 379 g/mol. The molecule has 23 heavy (non-hydrogen) atoms. The molecule has 0 radical (unpaired) electrons. The lowest BCUT2D eigenvalue weighted by Gasteiger charge is -2.14. The molecule has 2 N–H and O–H groups in total. The zero-order valence-corrected chi connectivity index (χ0v) is 13.7. The second-order valence-corrected chi connectivity index (χ2v) is 5.88. The fourth-order valence-electron chi connectivity index (χ4n) is 2.08. The number of carboxylic acids is 2.